The highest BCUT2D eigenvalue weighted by atomic mass is 32.1. The molecule has 0 N–H and O–H groups in total. The molecule has 0 radical (unpaired) electrons. The predicted octanol–water partition coefficient (Wildman–Crippen LogP) is 14.0. The van der Waals surface area contributed by atoms with Gasteiger partial charge in [0.25, 0.3) is 0 Å². The number of rotatable bonds is 5. The fraction of sp³-hybridized carbons (Fsp3) is 0.167. The number of thiophene rings is 4. The molecular formula is C48H38S4. The molecule has 0 spiro atoms. The van der Waals surface area contributed by atoms with E-state index in [1.807, 2.05) is 45.3 Å². The lowest BCUT2D eigenvalue weighted by atomic mass is 9.93. The first-order valence-corrected chi connectivity index (χ1v) is 21.7. The molecule has 0 atom stereocenters. The summed E-state index contributed by atoms with van der Waals surface area (Å²) in [6.45, 7) is 0. The quantitative estimate of drug-likeness (QED) is 0.165. The lowest BCUT2D eigenvalue weighted by Crippen LogP contribution is -1.99. The molecule has 0 aliphatic heterocycles. The van der Waals surface area contributed by atoms with Gasteiger partial charge in [-0.25, -0.2) is 0 Å². The van der Waals surface area contributed by atoms with Gasteiger partial charge in [-0.05, 0) is 156 Å². The van der Waals surface area contributed by atoms with Crippen LogP contribution in [0.5, 0.6) is 0 Å². The highest BCUT2D eigenvalue weighted by Crippen LogP contribution is 2.46. The van der Waals surface area contributed by atoms with Gasteiger partial charge >= 0.3 is 0 Å². The highest BCUT2D eigenvalue weighted by Gasteiger charge is 2.17. The molecule has 4 heteroatoms. The van der Waals surface area contributed by atoms with Crippen molar-refractivity contribution >= 4 is 45.3 Å². The van der Waals surface area contributed by atoms with E-state index in [-0.39, 0.29) is 0 Å². The number of benzene rings is 4. The van der Waals surface area contributed by atoms with Gasteiger partial charge in [0.2, 0.25) is 0 Å². The van der Waals surface area contributed by atoms with Gasteiger partial charge in [0.1, 0.15) is 0 Å². The fourth-order valence-corrected chi connectivity index (χ4v) is 12.2. The molecule has 16 rings (SSSR count). The van der Waals surface area contributed by atoms with Crippen LogP contribution in [0.25, 0.3) is 50.1 Å². The molecule has 0 saturated carbocycles. The van der Waals surface area contributed by atoms with Crippen molar-refractivity contribution in [1.82, 2.24) is 0 Å². The number of hydrogen-bond donors (Lipinski definition) is 0. The van der Waals surface area contributed by atoms with E-state index < -0.39 is 0 Å². The van der Waals surface area contributed by atoms with E-state index in [4.69, 9.17) is 0 Å². The summed E-state index contributed by atoms with van der Waals surface area (Å²) in [4.78, 5) is 10.9. The average molecular weight is 743 g/mol. The third-order valence-corrected chi connectivity index (χ3v) is 15.8. The first-order chi connectivity index (χ1) is 25.7. The third kappa shape index (κ3) is 6.58. The second-order valence-corrected chi connectivity index (χ2v) is 18.6. The third-order valence-electron chi connectivity index (χ3n) is 10.8. The van der Waals surface area contributed by atoms with Crippen LogP contribution in [0.4, 0.5) is 0 Å². The van der Waals surface area contributed by atoms with Gasteiger partial charge in [-0.3, -0.25) is 0 Å². The molecule has 4 aromatic carbocycles. The van der Waals surface area contributed by atoms with E-state index in [1.54, 1.807) is 0 Å². The maximum Gasteiger partial charge on any atom is 0.0449 e. The Kier molecular flexibility index (Phi) is 8.65. The normalized spacial score (nSPS) is 13.9. The van der Waals surface area contributed by atoms with Gasteiger partial charge in [0.05, 0.1) is 0 Å². The molecule has 0 saturated heterocycles. The van der Waals surface area contributed by atoms with E-state index in [1.165, 1.54) is 94.7 Å². The molecule has 0 fully saturated rings. The lowest BCUT2D eigenvalue weighted by molar-refractivity contribution is 0.924. The molecule has 4 aromatic heterocycles. The first kappa shape index (κ1) is 32.3. The van der Waals surface area contributed by atoms with Crippen LogP contribution >= 0.6 is 45.3 Å². The van der Waals surface area contributed by atoms with Crippen LogP contribution in [0, 0.1) is 0 Å². The summed E-state index contributed by atoms with van der Waals surface area (Å²) in [5.74, 6) is 0. The summed E-state index contributed by atoms with van der Waals surface area (Å²) < 4.78 is 0. The van der Waals surface area contributed by atoms with Crippen LogP contribution in [0.2, 0.25) is 0 Å². The minimum absolute atomic E-state index is 1.07. The molecule has 4 heterocycles. The van der Waals surface area contributed by atoms with Gasteiger partial charge in [-0.15, -0.1) is 45.3 Å². The summed E-state index contributed by atoms with van der Waals surface area (Å²) in [5.41, 5.74) is 14.4. The summed E-state index contributed by atoms with van der Waals surface area (Å²) in [6.07, 6.45) is 8.65. The molecule has 52 heavy (non-hydrogen) atoms. The van der Waals surface area contributed by atoms with E-state index in [9.17, 15) is 0 Å². The van der Waals surface area contributed by atoms with Crippen molar-refractivity contribution in [2.45, 2.75) is 51.4 Å². The smallest absolute Gasteiger partial charge is 0.0449 e. The van der Waals surface area contributed by atoms with Crippen molar-refractivity contribution < 1.29 is 0 Å². The molecule has 8 aromatic rings. The number of hydrogen-bond acceptors (Lipinski definition) is 4. The van der Waals surface area contributed by atoms with Crippen LogP contribution in [-0.2, 0) is 51.4 Å². The van der Waals surface area contributed by atoms with Gasteiger partial charge in [-0.2, -0.15) is 0 Å². The molecule has 0 nitrogen and oxygen atoms in total. The maximum absolute atomic E-state index is 2.47. The van der Waals surface area contributed by atoms with Gasteiger partial charge in [0.15, 0.2) is 0 Å². The minimum atomic E-state index is 1.07. The molecule has 254 valence electrons. The van der Waals surface area contributed by atoms with Crippen LogP contribution in [0.3, 0.4) is 0 Å². The Bertz CT molecular complexity index is 2340. The topological polar surface area (TPSA) is 0 Å². The molecule has 0 amide bonds. The first-order valence-electron chi connectivity index (χ1n) is 18.5. The second-order valence-electron chi connectivity index (χ2n) is 14.3. The van der Waals surface area contributed by atoms with Crippen LogP contribution in [0.1, 0.15) is 44.5 Å². The van der Waals surface area contributed by atoms with E-state index in [2.05, 4.69) is 133 Å². The van der Waals surface area contributed by atoms with Crippen LogP contribution < -0.4 is 0 Å². The van der Waals surface area contributed by atoms with E-state index >= 15 is 0 Å². The Morgan fingerprint density at radius 2 is 0.481 bits per heavy atom. The zero-order chi connectivity index (χ0) is 34.4. The van der Waals surface area contributed by atoms with Crippen molar-refractivity contribution in [3.63, 3.8) is 0 Å². The summed E-state index contributed by atoms with van der Waals surface area (Å²) >= 11 is 7.73. The summed E-state index contributed by atoms with van der Waals surface area (Å²) in [5, 5.41) is 0. The number of aryl methyl sites for hydroxylation is 8. The van der Waals surface area contributed by atoms with E-state index in [0.717, 1.165) is 51.4 Å². The van der Waals surface area contributed by atoms with Crippen molar-refractivity contribution in [3.05, 3.63) is 178 Å². The Morgan fingerprint density at radius 3 is 0.827 bits per heavy atom. The highest BCUT2D eigenvalue weighted by molar-refractivity contribution is 7.29. The lowest BCUT2D eigenvalue weighted by Gasteiger charge is -2.13. The van der Waals surface area contributed by atoms with Crippen LogP contribution in [-0.4, -0.2) is 0 Å². The summed E-state index contributed by atoms with van der Waals surface area (Å²) in [7, 11) is 0. The van der Waals surface area contributed by atoms with Crippen molar-refractivity contribution in [2.75, 3.05) is 0 Å². The minimum Gasteiger partial charge on any atom is -0.134 e. The van der Waals surface area contributed by atoms with Gasteiger partial charge in [-0.1, -0.05) is 84.9 Å². The van der Waals surface area contributed by atoms with E-state index in [0.29, 0.717) is 0 Å². The monoisotopic (exact) mass is 742 g/mol. The Labute approximate surface area is 322 Å². The van der Waals surface area contributed by atoms with Crippen molar-refractivity contribution in [1.29, 1.82) is 0 Å². The average Bonchev–Trinajstić information content (AvgIpc) is 4.01. The zero-order valence-electron chi connectivity index (χ0n) is 29.0. The largest absolute Gasteiger partial charge is 0.134 e. The molecule has 8 aliphatic rings. The molecule has 8 bridgehead atoms. The standard InChI is InChI=1S/C48H38S4/c1-5-33-6-2-31(1)9-11-35-15-19-37(17-13-33)39(29-35)41-21-23-43(49-41)45-25-27-47(51-45)48-28-26-46(52-48)44-24-22-42(50-44)40-30-36-12-10-32-3-7-34(8-4-32)14-18-38(40)20-16-36/h1-8,15-16,19-30H,9-14,17-18H2. The molecule has 0 unspecified atom stereocenters. The van der Waals surface area contributed by atoms with Crippen molar-refractivity contribution in [3.8, 4) is 50.1 Å². The SMILES string of the molecule is c1cc2ccc1CCc1ccc(c(-c3ccc(-c4ccc(-c5ccc(-c6ccc(-c7cc8ccc7CCc7ccc(cc7)CC8)s6)s5)s4)s3)c1)CC2. The van der Waals surface area contributed by atoms with Gasteiger partial charge < -0.3 is 0 Å². The van der Waals surface area contributed by atoms with Gasteiger partial charge in [0, 0.05) is 39.0 Å². The zero-order valence-corrected chi connectivity index (χ0v) is 32.3. The molecular weight excluding hydrogens is 705 g/mol. The Morgan fingerprint density at radius 1 is 0.231 bits per heavy atom. The Balaban J connectivity index is 0.882. The van der Waals surface area contributed by atoms with Crippen LogP contribution in [0.15, 0.2) is 133 Å². The summed E-state index contributed by atoms with van der Waals surface area (Å²) in [6, 6.07) is 51.7. The fourth-order valence-electron chi connectivity index (χ4n) is 7.77. The Hall–Kier alpha value is -4.32. The second kappa shape index (κ2) is 13.9. The van der Waals surface area contributed by atoms with Crippen molar-refractivity contribution in [2.24, 2.45) is 0 Å². The maximum atomic E-state index is 2.47. The predicted molar refractivity (Wildman–Crippen MR) is 228 cm³/mol. The molecule has 8 aliphatic carbocycles.